The second kappa shape index (κ2) is 10.2. The van der Waals surface area contributed by atoms with Crippen LogP contribution in [0.4, 0.5) is 15.8 Å². The van der Waals surface area contributed by atoms with Gasteiger partial charge in [0.1, 0.15) is 11.6 Å². The molecule has 0 radical (unpaired) electrons. The first-order valence-electron chi connectivity index (χ1n) is 9.59. The molecule has 0 aromatic heterocycles. The molecule has 0 saturated heterocycles. The minimum atomic E-state index is -0.422. The Balaban J connectivity index is 1.52. The van der Waals surface area contributed by atoms with E-state index in [1.54, 1.807) is 48.5 Å². The Labute approximate surface area is 179 Å². The van der Waals surface area contributed by atoms with Crippen LogP contribution >= 0.6 is 0 Å². The molecule has 0 aliphatic heterocycles. The third-order valence-corrected chi connectivity index (χ3v) is 4.53. The molecule has 0 atom stereocenters. The maximum atomic E-state index is 12.9. The fraction of sp³-hybridized carbons (Fsp3) is 0.125. The zero-order chi connectivity index (χ0) is 22.2. The molecular weight excluding hydrogens is 399 g/mol. The van der Waals surface area contributed by atoms with Crippen molar-refractivity contribution in [1.82, 2.24) is 0 Å². The van der Waals surface area contributed by atoms with Gasteiger partial charge in [-0.25, -0.2) is 4.39 Å². The standard InChI is InChI=1S/C24H21FN2O4/c1-31-22-5-3-2-4-20(22)27-24(30)17-8-12-19(13-9-17)26-23(29)15-14-21(28)16-6-10-18(25)11-7-16/h2-13H,14-15H2,1H3,(H,26,29)(H,27,30). The van der Waals surface area contributed by atoms with Crippen molar-refractivity contribution in [2.45, 2.75) is 12.8 Å². The van der Waals surface area contributed by atoms with Gasteiger partial charge in [0.2, 0.25) is 5.91 Å². The minimum absolute atomic E-state index is 0.00769. The molecule has 0 aliphatic rings. The summed E-state index contributed by atoms with van der Waals surface area (Å²) in [6, 6.07) is 18.7. The molecule has 158 valence electrons. The fourth-order valence-electron chi connectivity index (χ4n) is 2.88. The Bertz CT molecular complexity index is 1080. The van der Waals surface area contributed by atoms with Crippen LogP contribution in [-0.2, 0) is 4.79 Å². The van der Waals surface area contributed by atoms with E-state index in [0.29, 0.717) is 28.3 Å². The highest BCUT2D eigenvalue weighted by Gasteiger charge is 2.12. The van der Waals surface area contributed by atoms with E-state index in [4.69, 9.17) is 4.74 Å². The van der Waals surface area contributed by atoms with Gasteiger partial charge in [-0.1, -0.05) is 12.1 Å². The van der Waals surface area contributed by atoms with Crippen LogP contribution in [0.5, 0.6) is 5.75 Å². The summed E-state index contributed by atoms with van der Waals surface area (Å²) >= 11 is 0. The molecule has 0 bridgehead atoms. The van der Waals surface area contributed by atoms with E-state index in [1.165, 1.54) is 31.4 Å². The molecule has 3 rings (SSSR count). The van der Waals surface area contributed by atoms with Crippen LogP contribution < -0.4 is 15.4 Å². The van der Waals surface area contributed by atoms with Gasteiger partial charge in [-0.05, 0) is 60.7 Å². The highest BCUT2D eigenvalue weighted by atomic mass is 19.1. The SMILES string of the molecule is COc1ccccc1NC(=O)c1ccc(NC(=O)CCC(=O)c2ccc(F)cc2)cc1. The quantitative estimate of drug-likeness (QED) is 0.518. The van der Waals surface area contributed by atoms with Crippen LogP contribution in [-0.4, -0.2) is 24.7 Å². The average molecular weight is 420 g/mol. The molecule has 0 saturated carbocycles. The monoisotopic (exact) mass is 420 g/mol. The number of Topliss-reactive ketones (excluding diaryl/α,β-unsaturated/α-hetero) is 1. The number of anilines is 2. The van der Waals surface area contributed by atoms with E-state index in [9.17, 15) is 18.8 Å². The normalized spacial score (nSPS) is 10.3. The molecule has 0 heterocycles. The number of hydrogen-bond acceptors (Lipinski definition) is 4. The predicted molar refractivity (Wildman–Crippen MR) is 116 cm³/mol. The number of carbonyl (C=O) groups is 3. The van der Waals surface area contributed by atoms with Crippen molar-refractivity contribution in [2.75, 3.05) is 17.7 Å². The zero-order valence-electron chi connectivity index (χ0n) is 16.9. The highest BCUT2D eigenvalue weighted by molar-refractivity contribution is 6.05. The van der Waals surface area contributed by atoms with Gasteiger partial charge in [0.15, 0.2) is 5.78 Å². The topological polar surface area (TPSA) is 84.5 Å². The maximum absolute atomic E-state index is 12.9. The summed E-state index contributed by atoms with van der Waals surface area (Å²) in [6.07, 6.45) is 0.00309. The van der Waals surface area contributed by atoms with Crippen molar-refractivity contribution in [3.63, 3.8) is 0 Å². The number of ketones is 1. The van der Waals surface area contributed by atoms with Crippen LogP contribution in [0.15, 0.2) is 72.8 Å². The molecule has 0 fully saturated rings. The van der Waals surface area contributed by atoms with Crippen LogP contribution in [0.2, 0.25) is 0 Å². The summed E-state index contributed by atoms with van der Waals surface area (Å²) in [4.78, 5) is 36.6. The van der Waals surface area contributed by atoms with Gasteiger partial charge in [0.25, 0.3) is 5.91 Å². The van der Waals surface area contributed by atoms with E-state index >= 15 is 0 Å². The smallest absolute Gasteiger partial charge is 0.255 e. The molecule has 0 spiro atoms. The Morgan fingerprint density at radius 2 is 1.45 bits per heavy atom. The number of benzene rings is 3. The van der Waals surface area contributed by atoms with Gasteiger partial charge >= 0.3 is 0 Å². The molecule has 31 heavy (non-hydrogen) atoms. The van der Waals surface area contributed by atoms with Gasteiger partial charge in [-0.2, -0.15) is 0 Å². The molecule has 0 unspecified atom stereocenters. The number of carbonyl (C=O) groups excluding carboxylic acids is 3. The number of amides is 2. The second-order valence-corrected chi connectivity index (χ2v) is 6.71. The van der Waals surface area contributed by atoms with Crippen molar-refractivity contribution in [3.8, 4) is 5.75 Å². The third-order valence-electron chi connectivity index (χ3n) is 4.53. The van der Waals surface area contributed by atoms with Gasteiger partial charge in [-0.3, -0.25) is 14.4 Å². The Morgan fingerprint density at radius 1 is 0.806 bits per heavy atom. The summed E-state index contributed by atoms with van der Waals surface area (Å²) in [5.41, 5.74) is 1.83. The number of rotatable bonds is 8. The number of hydrogen-bond donors (Lipinski definition) is 2. The molecule has 2 amide bonds. The first-order valence-corrected chi connectivity index (χ1v) is 9.59. The summed E-state index contributed by atoms with van der Waals surface area (Å²) in [7, 11) is 1.52. The van der Waals surface area contributed by atoms with Crippen LogP contribution in [0, 0.1) is 5.82 Å². The molecule has 2 N–H and O–H groups in total. The molecule has 3 aromatic carbocycles. The lowest BCUT2D eigenvalue weighted by molar-refractivity contribution is -0.116. The highest BCUT2D eigenvalue weighted by Crippen LogP contribution is 2.24. The number of methoxy groups -OCH3 is 1. The van der Waals surface area contributed by atoms with E-state index in [2.05, 4.69) is 10.6 Å². The number of halogens is 1. The van der Waals surface area contributed by atoms with Gasteiger partial charge in [-0.15, -0.1) is 0 Å². The van der Waals surface area contributed by atoms with E-state index in [-0.39, 0.29) is 30.4 Å². The first kappa shape index (κ1) is 21.7. The Hall–Kier alpha value is -4.00. The van der Waals surface area contributed by atoms with E-state index < -0.39 is 5.82 Å². The maximum Gasteiger partial charge on any atom is 0.255 e. The van der Waals surface area contributed by atoms with Crippen LogP contribution in [0.3, 0.4) is 0 Å². The molecular formula is C24H21FN2O4. The lowest BCUT2D eigenvalue weighted by Crippen LogP contribution is -2.15. The van der Waals surface area contributed by atoms with Crippen molar-refractivity contribution in [3.05, 3.63) is 89.7 Å². The van der Waals surface area contributed by atoms with Gasteiger partial charge < -0.3 is 15.4 Å². The molecule has 6 nitrogen and oxygen atoms in total. The number of ether oxygens (including phenoxy) is 1. The van der Waals surface area contributed by atoms with Crippen LogP contribution in [0.1, 0.15) is 33.6 Å². The summed E-state index contributed by atoms with van der Waals surface area (Å²) in [5, 5.41) is 5.47. The average Bonchev–Trinajstić information content (AvgIpc) is 2.78. The van der Waals surface area contributed by atoms with Gasteiger partial charge in [0.05, 0.1) is 12.8 Å². The van der Waals surface area contributed by atoms with Crippen molar-refractivity contribution in [2.24, 2.45) is 0 Å². The fourth-order valence-corrected chi connectivity index (χ4v) is 2.88. The summed E-state index contributed by atoms with van der Waals surface area (Å²) < 4.78 is 18.1. The van der Waals surface area contributed by atoms with Crippen molar-refractivity contribution >= 4 is 29.0 Å². The van der Waals surface area contributed by atoms with E-state index in [0.717, 1.165) is 0 Å². The molecule has 7 heteroatoms. The second-order valence-electron chi connectivity index (χ2n) is 6.71. The van der Waals surface area contributed by atoms with Gasteiger partial charge in [0, 0.05) is 29.7 Å². The Kier molecular flexibility index (Phi) is 7.11. The van der Waals surface area contributed by atoms with Crippen molar-refractivity contribution < 1.29 is 23.5 Å². The minimum Gasteiger partial charge on any atom is -0.495 e. The Morgan fingerprint density at radius 3 is 2.13 bits per heavy atom. The third kappa shape index (κ3) is 5.99. The largest absolute Gasteiger partial charge is 0.495 e. The summed E-state index contributed by atoms with van der Waals surface area (Å²) in [5.74, 6) is -0.753. The lowest BCUT2D eigenvalue weighted by atomic mass is 10.1. The molecule has 0 aliphatic carbocycles. The van der Waals surface area contributed by atoms with Crippen LogP contribution in [0.25, 0.3) is 0 Å². The first-order chi connectivity index (χ1) is 15.0. The zero-order valence-corrected chi connectivity index (χ0v) is 16.9. The number of para-hydroxylation sites is 2. The number of nitrogens with one attached hydrogen (secondary N) is 2. The van der Waals surface area contributed by atoms with E-state index in [1.807, 2.05) is 0 Å². The van der Waals surface area contributed by atoms with Crippen molar-refractivity contribution in [1.29, 1.82) is 0 Å². The predicted octanol–water partition coefficient (Wildman–Crippen LogP) is 4.69. The summed E-state index contributed by atoms with van der Waals surface area (Å²) in [6.45, 7) is 0. The molecule has 3 aromatic rings. The lowest BCUT2D eigenvalue weighted by Gasteiger charge is -2.10.